The van der Waals surface area contributed by atoms with Crippen LogP contribution >= 0.6 is 0 Å². The fourth-order valence-electron chi connectivity index (χ4n) is 4.44. The van der Waals surface area contributed by atoms with Crippen molar-refractivity contribution in [3.05, 3.63) is 0 Å². The first-order chi connectivity index (χ1) is 6.74. The minimum Gasteiger partial charge on any atom is -0.394 e. The van der Waals surface area contributed by atoms with E-state index in [9.17, 15) is 5.11 Å². The highest BCUT2D eigenvalue weighted by molar-refractivity contribution is 5.25. The van der Waals surface area contributed by atoms with Crippen molar-refractivity contribution in [2.45, 2.75) is 44.1 Å². The van der Waals surface area contributed by atoms with Crippen LogP contribution in [0.4, 0.5) is 0 Å². The Bertz CT molecular complexity index is 293. The summed E-state index contributed by atoms with van der Waals surface area (Å²) in [6, 6.07) is 0. The van der Waals surface area contributed by atoms with Gasteiger partial charge in [0.05, 0.1) is 12.1 Å². The average molecular weight is 193 g/mol. The lowest BCUT2D eigenvalue weighted by atomic mass is 9.78. The predicted octanol–water partition coefficient (Wildman–Crippen LogP) is 1.39. The van der Waals surface area contributed by atoms with E-state index >= 15 is 0 Å². The van der Waals surface area contributed by atoms with Crippen LogP contribution in [0.25, 0.3) is 0 Å². The van der Waals surface area contributed by atoms with Crippen molar-refractivity contribution in [1.82, 2.24) is 4.90 Å². The summed E-state index contributed by atoms with van der Waals surface area (Å²) < 4.78 is 0. The van der Waals surface area contributed by atoms with E-state index in [4.69, 9.17) is 0 Å². The Hall–Kier alpha value is -0.0800. The summed E-state index contributed by atoms with van der Waals surface area (Å²) in [4.78, 5) is 2.65. The molecule has 2 heteroatoms. The molecule has 1 N–H and O–H groups in total. The monoisotopic (exact) mass is 193 g/mol. The molecule has 0 aromatic carbocycles. The smallest absolute Gasteiger partial charge is 0.0621 e. The third kappa shape index (κ3) is 0.704. The summed E-state index contributed by atoms with van der Waals surface area (Å²) in [6.07, 6.45) is 8.32. The molecule has 0 amide bonds. The minimum absolute atomic E-state index is 0.240. The third-order valence-electron chi connectivity index (χ3n) is 5.72. The van der Waals surface area contributed by atoms with E-state index < -0.39 is 0 Å². The molecule has 2 heterocycles. The van der Waals surface area contributed by atoms with Gasteiger partial charge in [-0.25, -0.2) is 0 Å². The van der Waals surface area contributed by atoms with E-state index in [1.807, 2.05) is 0 Å². The summed E-state index contributed by atoms with van der Waals surface area (Å²) in [7, 11) is 0. The molecule has 2 aliphatic carbocycles. The normalized spacial score (nSPS) is 46.1. The van der Waals surface area contributed by atoms with Crippen LogP contribution in [0.3, 0.4) is 0 Å². The van der Waals surface area contributed by atoms with E-state index in [1.54, 1.807) is 0 Å². The summed E-state index contributed by atoms with van der Waals surface area (Å²) >= 11 is 0. The highest BCUT2D eigenvalue weighted by Crippen LogP contribution is 2.71. The Morgan fingerprint density at radius 3 is 2.43 bits per heavy atom. The molecule has 2 aliphatic heterocycles. The van der Waals surface area contributed by atoms with E-state index in [0.29, 0.717) is 17.4 Å². The van der Waals surface area contributed by atoms with Gasteiger partial charge in [0.1, 0.15) is 0 Å². The topological polar surface area (TPSA) is 23.5 Å². The Morgan fingerprint density at radius 1 is 1.07 bits per heavy atom. The molecule has 0 bridgehead atoms. The average Bonchev–Trinajstić information content (AvgIpc) is 3.02. The molecule has 1 atom stereocenters. The number of rotatable bonds is 1. The molecule has 78 valence electrons. The lowest BCUT2D eigenvalue weighted by molar-refractivity contribution is 0.0565. The second-order valence-electron chi connectivity index (χ2n) is 6.32. The Kier molecular flexibility index (Phi) is 1.19. The van der Waals surface area contributed by atoms with E-state index in [0.717, 1.165) is 0 Å². The predicted molar refractivity (Wildman–Crippen MR) is 54.0 cm³/mol. The van der Waals surface area contributed by atoms with Gasteiger partial charge in [-0.15, -0.1) is 0 Å². The molecule has 4 aliphatic rings. The lowest BCUT2D eigenvalue weighted by Gasteiger charge is -2.36. The standard InChI is InChI=1S/C12H19NO/c14-9-12-7-10(1-2-10)8-13(12)6-5-11(12)3-4-11/h14H,1-9H2. The van der Waals surface area contributed by atoms with Gasteiger partial charge in [-0.2, -0.15) is 0 Å². The summed E-state index contributed by atoms with van der Waals surface area (Å²) in [5.74, 6) is 0. The van der Waals surface area contributed by atoms with Gasteiger partial charge in [0, 0.05) is 6.54 Å². The highest BCUT2D eigenvalue weighted by atomic mass is 16.3. The van der Waals surface area contributed by atoms with Crippen molar-refractivity contribution in [2.75, 3.05) is 19.7 Å². The van der Waals surface area contributed by atoms with Crippen LogP contribution in [0.1, 0.15) is 38.5 Å². The van der Waals surface area contributed by atoms with E-state index in [-0.39, 0.29) is 5.54 Å². The van der Waals surface area contributed by atoms with Crippen LogP contribution in [0.5, 0.6) is 0 Å². The SMILES string of the molecule is OCC12CC3(CC3)CN1CCC21CC1. The van der Waals surface area contributed by atoms with Gasteiger partial charge in [0.25, 0.3) is 0 Å². The van der Waals surface area contributed by atoms with Crippen LogP contribution < -0.4 is 0 Å². The zero-order valence-electron chi connectivity index (χ0n) is 8.76. The van der Waals surface area contributed by atoms with Crippen molar-refractivity contribution >= 4 is 0 Å². The Labute approximate surface area is 85.3 Å². The maximum Gasteiger partial charge on any atom is 0.0621 e. The van der Waals surface area contributed by atoms with Crippen molar-refractivity contribution in [3.63, 3.8) is 0 Å². The minimum atomic E-state index is 0.240. The molecule has 14 heavy (non-hydrogen) atoms. The molecular formula is C12H19NO. The number of nitrogens with zero attached hydrogens (tertiary/aromatic N) is 1. The molecular weight excluding hydrogens is 174 g/mol. The zero-order chi connectivity index (χ0) is 9.44. The molecule has 2 saturated heterocycles. The molecule has 1 unspecified atom stereocenters. The zero-order valence-corrected chi connectivity index (χ0v) is 8.76. The second-order valence-corrected chi connectivity index (χ2v) is 6.32. The molecule has 4 rings (SSSR count). The Morgan fingerprint density at radius 2 is 1.86 bits per heavy atom. The summed E-state index contributed by atoms with van der Waals surface area (Å²) in [6.45, 7) is 2.99. The van der Waals surface area contributed by atoms with Gasteiger partial charge in [0.15, 0.2) is 0 Å². The molecule has 2 saturated carbocycles. The van der Waals surface area contributed by atoms with Gasteiger partial charge < -0.3 is 5.11 Å². The van der Waals surface area contributed by atoms with E-state index in [1.165, 1.54) is 51.6 Å². The van der Waals surface area contributed by atoms with Crippen LogP contribution in [0.2, 0.25) is 0 Å². The molecule has 0 radical (unpaired) electrons. The second kappa shape index (κ2) is 2.05. The molecule has 4 fully saturated rings. The van der Waals surface area contributed by atoms with Crippen LogP contribution in [-0.4, -0.2) is 35.2 Å². The largest absolute Gasteiger partial charge is 0.394 e. The number of fused-ring (bicyclic) bond motifs is 2. The fraction of sp³-hybridized carbons (Fsp3) is 1.00. The van der Waals surface area contributed by atoms with Crippen molar-refractivity contribution in [2.24, 2.45) is 10.8 Å². The van der Waals surface area contributed by atoms with Crippen molar-refractivity contribution in [1.29, 1.82) is 0 Å². The van der Waals surface area contributed by atoms with Crippen LogP contribution in [0, 0.1) is 10.8 Å². The molecule has 2 nitrogen and oxygen atoms in total. The lowest BCUT2D eigenvalue weighted by Crippen LogP contribution is -2.47. The third-order valence-corrected chi connectivity index (χ3v) is 5.72. The van der Waals surface area contributed by atoms with Gasteiger partial charge in [0.2, 0.25) is 0 Å². The first-order valence-corrected chi connectivity index (χ1v) is 6.10. The van der Waals surface area contributed by atoms with Gasteiger partial charge in [-0.05, 0) is 55.9 Å². The van der Waals surface area contributed by atoms with Gasteiger partial charge >= 0.3 is 0 Å². The van der Waals surface area contributed by atoms with Gasteiger partial charge in [-0.1, -0.05) is 0 Å². The maximum atomic E-state index is 9.82. The highest BCUT2D eigenvalue weighted by Gasteiger charge is 2.71. The number of aliphatic hydroxyl groups is 1. The number of aliphatic hydroxyl groups excluding tert-OH is 1. The quantitative estimate of drug-likeness (QED) is 0.680. The van der Waals surface area contributed by atoms with Crippen molar-refractivity contribution < 1.29 is 5.11 Å². The maximum absolute atomic E-state index is 9.82. The number of hydrogen-bond donors (Lipinski definition) is 1. The Balaban J connectivity index is 1.77. The molecule has 0 aromatic heterocycles. The summed E-state index contributed by atoms with van der Waals surface area (Å²) in [5.41, 5.74) is 1.47. The number of hydrogen-bond acceptors (Lipinski definition) is 2. The first kappa shape index (κ1) is 8.12. The van der Waals surface area contributed by atoms with Crippen LogP contribution in [-0.2, 0) is 0 Å². The molecule has 0 aromatic rings. The first-order valence-electron chi connectivity index (χ1n) is 6.10. The molecule has 2 spiro atoms. The van der Waals surface area contributed by atoms with Crippen molar-refractivity contribution in [3.8, 4) is 0 Å². The van der Waals surface area contributed by atoms with E-state index in [2.05, 4.69) is 4.90 Å². The van der Waals surface area contributed by atoms with Gasteiger partial charge in [-0.3, -0.25) is 4.90 Å². The summed E-state index contributed by atoms with van der Waals surface area (Å²) in [5, 5.41) is 9.82. The van der Waals surface area contributed by atoms with Crippen LogP contribution in [0.15, 0.2) is 0 Å². The fourth-order valence-corrected chi connectivity index (χ4v) is 4.44.